The lowest BCUT2D eigenvalue weighted by atomic mass is 9.64. The molecule has 2 atom stereocenters. The Morgan fingerprint density at radius 3 is 2.59 bits per heavy atom. The van der Waals surface area contributed by atoms with Crippen LogP contribution < -0.4 is 5.32 Å². The number of anilines is 1. The minimum Gasteiger partial charge on any atom is -0.325 e. The fourth-order valence-corrected chi connectivity index (χ4v) is 5.56. The van der Waals surface area contributed by atoms with Gasteiger partial charge >= 0.3 is 5.97 Å². The first-order chi connectivity index (χ1) is 15.9. The number of hydrogen-bond acceptors (Lipinski definition) is 6. The van der Waals surface area contributed by atoms with Crippen molar-refractivity contribution in [2.45, 2.75) is 47.0 Å². The number of fused-ring (bicyclic) bond motifs is 2. The number of rotatable bonds is 5. The van der Waals surface area contributed by atoms with E-state index in [2.05, 4.69) is 24.3 Å². The molecule has 2 aromatic rings. The molecule has 2 unspecified atom stereocenters. The van der Waals surface area contributed by atoms with Crippen LogP contribution in [-0.4, -0.2) is 22.5 Å². The Kier molecular flexibility index (Phi) is 5.76. The van der Waals surface area contributed by atoms with E-state index in [9.17, 15) is 19.7 Å². The highest BCUT2D eigenvalue weighted by Crippen LogP contribution is 2.71. The summed E-state index contributed by atoms with van der Waals surface area (Å²) in [5.41, 5.74) is 0.416. The van der Waals surface area contributed by atoms with E-state index in [1.807, 2.05) is 19.9 Å². The summed E-state index contributed by atoms with van der Waals surface area (Å²) < 4.78 is 0. The summed E-state index contributed by atoms with van der Waals surface area (Å²) >= 11 is 6.13. The maximum atomic E-state index is 13.6. The summed E-state index contributed by atoms with van der Waals surface area (Å²) in [6.45, 7) is 8.05. The molecule has 0 aromatic heterocycles. The number of benzene rings is 2. The van der Waals surface area contributed by atoms with Crippen LogP contribution in [0, 0.1) is 33.3 Å². The largest absolute Gasteiger partial charge is 0.365 e. The number of halogens is 1. The zero-order chi connectivity index (χ0) is 24.9. The second kappa shape index (κ2) is 8.20. The molecule has 0 saturated heterocycles. The average molecular weight is 484 g/mol. The van der Waals surface area contributed by atoms with Gasteiger partial charge in [-0.3, -0.25) is 14.9 Å². The Morgan fingerprint density at radius 2 is 1.88 bits per heavy atom. The van der Waals surface area contributed by atoms with E-state index in [1.54, 1.807) is 12.1 Å². The quantitative estimate of drug-likeness (QED) is 0.322. The van der Waals surface area contributed by atoms with Gasteiger partial charge in [0, 0.05) is 34.7 Å². The van der Waals surface area contributed by atoms with Gasteiger partial charge in [0.15, 0.2) is 0 Å². The van der Waals surface area contributed by atoms with E-state index in [-0.39, 0.29) is 17.2 Å². The normalized spacial score (nSPS) is 25.9. The zero-order valence-corrected chi connectivity index (χ0v) is 20.2. The Balaban J connectivity index is 1.60. The van der Waals surface area contributed by atoms with Crippen molar-refractivity contribution in [3.8, 4) is 0 Å². The highest BCUT2D eigenvalue weighted by Gasteiger charge is 2.71. The van der Waals surface area contributed by atoms with Gasteiger partial charge in [-0.2, -0.15) is 0 Å². The van der Waals surface area contributed by atoms with Gasteiger partial charge in [0.1, 0.15) is 0 Å². The van der Waals surface area contributed by atoms with E-state index in [1.165, 1.54) is 18.2 Å². The molecule has 0 heterocycles. The zero-order valence-electron chi connectivity index (χ0n) is 19.5. The Morgan fingerprint density at radius 1 is 1.15 bits per heavy atom. The third kappa shape index (κ3) is 3.57. The van der Waals surface area contributed by atoms with Gasteiger partial charge in [0.25, 0.3) is 5.69 Å². The highest BCUT2D eigenvalue weighted by atomic mass is 35.5. The first-order valence-electron chi connectivity index (χ1n) is 11.0. The average Bonchev–Trinajstić information content (AvgIpc) is 3.10. The smallest absolute Gasteiger partial charge is 0.325 e. The van der Waals surface area contributed by atoms with Crippen molar-refractivity contribution in [3.05, 3.63) is 68.7 Å². The summed E-state index contributed by atoms with van der Waals surface area (Å²) in [6.07, 6.45) is 1.75. The molecule has 2 aliphatic rings. The van der Waals surface area contributed by atoms with Gasteiger partial charge in [0.2, 0.25) is 5.91 Å². The van der Waals surface area contributed by atoms with Crippen molar-refractivity contribution in [1.82, 2.24) is 0 Å². The number of nitrogens with zero attached hydrogens (tertiary/aromatic N) is 2. The molecule has 8 nitrogen and oxygen atoms in total. The number of nitro benzene ring substituents is 1. The molecule has 0 radical (unpaired) electrons. The first-order valence-corrected chi connectivity index (χ1v) is 11.4. The molecule has 2 bridgehead atoms. The molecule has 34 heavy (non-hydrogen) atoms. The fourth-order valence-electron chi connectivity index (χ4n) is 5.39. The maximum absolute atomic E-state index is 13.6. The second-order valence-electron chi connectivity index (χ2n) is 9.85. The number of amides is 1. The Hall–Kier alpha value is -3.26. The number of oxime groups is 1. The minimum absolute atomic E-state index is 0.0370. The van der Waals surface area contributed by atoms with Crippen LogP contribution >= 0.6 is 11.6 Å². The van der Waals surface area contributed by atoms with E-state index in [0.29, 0.717) is 29.3 Å². The Bertz CT molecular complexity index is 1240. The lowest BCUT2D eigenvalue weighted by molar-refractivity contribution is -0.384. The van der Waals surface area contributed by atoms with Gasteiger partial charge in [-0.15, -0.1) is 0 Å². The molecule has 1 N–H and O–H groups in total. The molecule has 2 fully saturated rings. The molecule has 2 aliphatic carbocycles. The summed E-state index contributed by atoms with van der Waals surface area (Å²) in [5, 5.41) is 18.8. The summed E-state index contributed by atoms with van der Waals surface area (Å²) in [4.78, 5) is 41.8. The molecule has 2 aromatic carbocycles. The lowest BCUT2D eigenvalue weighted by Crippen LogP contribution is -2.43. The van der Waals surface area contributed by atoms with Crippen molar-refractivity contribution < 1.29 is 19.3 Å². The number of nitro groups is 1. The van der Waals surface area contributed by atoms with Crippen LogP contribution in [0.4, 0.5) is 11.4 Å². The topological polar surface area (TPSA) is 111 Å². The van der Waals surface area contributed by atoms with Crippen LogP contribution in [0.3, 0.4) is 0 Å². The van der Waals surface area contributed by atoms with E-state index in [0.717, 1.165) is 18.1 Å². The van der Waals surface area contributed by atoms with Gasteiger partial charge in [0.05, 0.1) is 21.6 Å². The predicted molar refractivity (Wildman–Crippen MR) is 129 cm³/mol. The number of carbonyl (C=O) groups excluding carboxylic acids is 2. The van der Waals surface area contributed by atoms with Crippen molar-refractivity contribution in [1.29, 1.82) is 0 Å². The van der Waals surface area contributed by atoms with Crippen molar-refractivity contribution in [3.63, 3.8) is 0 Å². The third-order valence-electron chi connectivity index (χ3n) is 8.15. The van der Waals surface area contributed by atoms with Gasteiger partial charge in [-0.1, -0.05) is 49.7 Å². The molecule has 4 rings (SSSR count). The minimum atomic E-state index is -0.784. The highest BCUT2D eigenvalue weighted by molar-refractivity contribution is 6.31. The predicted octanol–water partition coefficient (Wildman–Crippen LogP) is 5.92. The Labute approximate surface area is 202 Å². The summed E-state index contributed by atoms with van der Waals surface area (Å²) in [5.74, 6) is -0.893. The molecule has 9 heteroatoms. The monoisotopic (exact) mass is 483 g/mol. The van der Waals surface area contributed by atoms with Crippen LogP contribution in [0.15, 0.2) is 47.6 Å². The number of nitrogens with one attached hydrogen (secondary N) is 1. The molecular formula is C25H26ClN3O5. The number of aryl methyl sites for hydroxylation is 1. The summed E-state index contributed by atoms with van der Waals surface area (Å²) in [6, 6.07) is 10.7. The van der Waals surface area contributed by atoms with Crippen LogP contribution in [0.5, 0.6) is 0 Å². The van der Waals surface area contributed by atoms with Crippen molar-refractivity contribution in [2.75, 3.05) is 5.32 Å². The lowest BCUT2D eigenvalue weighted by Gasteiger charge is -2.39. The number of carbonyl (C=O) groups is 2. The number of hydrogen-bond donors (Lipinski definition) is 1. The van der Waals surface area contributed by atoms with E-state index >= 15 is 0 Å². The second-order valence-corrected chi connectivity index (χ2v) is 10.3. The van der Waals surface area contributed by atoms with E-state index in [4.69, 9.17) is 16.4 Å². The van der Waals surface area contributed by atoms with Gasteiger partial charge in [-0.05, 0) is 48.9 Å². The van der Waals surface area contributed by atoms with E-state index < -0.39 is 27.1 Å². The van der Waals surface area contributed by atoms with Crippen LogP contribution in [0.1, 0.15) is 56.0 Å². The van der Waals surface area contributed by atoms with Crippen LogP contribution in [0.25, 0.3) is 0 Å². The fraction of sp³-hybridized carbons (Fsp3) is 0.400. The van der Waals surface area contributed by atoms with Crippen LogP contribution in [0.2, 0.25) is 5.02 Å². The molecule has 178 valence electrons. The maximum Gasteiger partial charge on any atom is 0.365 e. The summed E-state index contributed by atoms with van der Waals surface area (Å²) in [7, 11) is 0. The third-order valence-corrected chi connectivity index (χ3v) is 8.38. The molecule has 2 saturated carbocycles. The molecule has 0 aliphatic heterocycles. The van der Waals surface area contributed by atoms with Crippen molar-refractivity contribution in [2.24, 2.45) is 21.4 Å². The SMILES string of the molecule is Cc1ccc(Cl)cc1NC(=O)C12CCC(C)(/C(=N\OC(=O)c3cccc([N+](=O)[O-])c3)C1)C2(C)C. The standard InChI is InChI=1S/C25H26ClN3O5/c1-15-8-9-17(26)13-19(15)27-22(31)25-11-10-24(4,23(25,2)3)20(14-25)28-34-21(30)16-6-5-7-18(12-16)29(32)33/h5-9,12-13H,10-11,14H2,1-4H3,(H,27,31)/b28-20-. The van der Waals surface area contributed by atoms with Crippen molar-refractivity contribution >= 4 is 40.6 Å². The molecule has 1 amide bonds. The molecular weight excluding hydrogens is 458 g/mol. The number of non-ortho nitro benzene ring substituents is 1. The van der Waals surface area contributed by atoms with Gasteiger partial charge in [-0.25, -0.2) is 4.79 Å². The molecule has 0 spiro atoms. The van der Waals surface area contributed by atoms with Crippen LogP contribution in [-0.2, 0) is 9.63 Å². The van der Waals surface area contributed by atoms with Gasteiger partial charge < -0.3 is 10.2 Å². The first kappa shape index (κ1) is 23.9.